The van der Waals surface area contributed by atoms with E-state index < -0.39 is 11.5 Å². The molecule has 20 heavy (non-hydrogen) atoms. The van der Waals surface area contributed by atoms with Gasteiger partial charge in [-0.3, -0.25) is 10.1 Å². The summed E-state index contributed by atoms with van der Waals surface area (Å²) in [6.45, 7) is 6.79. The highest BCUT2D eigenvalue weighted by atomic mass is 16.4. The second kappa shape index (κ2) is 5.95. The van der Waals surface area contributed by atoms with E-state index in [4.69, 9.17) is 0 Å². The SMILES string of the molecule is Cc1ncn(CCCCC(C)(NC2CC2)C(=O)O)c1C. The number of carboxylic acid groups (broad SMARTS) is 1. The molecule has 5 nitrogen and oxygen atoms in total. The van der Waals surface area contributed by atoms with Gasteiger partial charge in [0.1, 0.15) is 5.54 Å². The summed E-state index contributed by atoms with van der Waals surface area (Å²) in [4.78, 5) is 15.7. The fourth-order valence-corrected chi connectivity index (χ4v) is 2.45. The first-order chi connectivity index (χ1) is 9.42. The Balaban J connectivity index is 1.78. The topological polar surface area (TPSA) is 67.2 Å². The molecule has 0 amide bonds. The van der Waals surface area contributed by atoms with E-state index in [1.807, 2.05) is 13.3 Å². The minimum absolute atomic E-state index is 0.412. The van der Waals surface area contributed by atoms with Crippen molar-refractivity contribution in [2.75, 3.05) is 0 Å². The van der Waals surface area contributed by atoms with E-state index in [0.29, 0.717) is 12.5 Å². The zero-order chi connectivity index (χ0) is 14.8. The summed E-state index contributed by atoms with van der Waals surface area (Å²) in [5.74, 6) is -0.737. The van der Waals surface area contributed by atoms with Crippen molar-refractivity contribution in [3.05, 3.63) is 17.7 Å². The van der Waals surface area contributed by atoms with Gasteiger partial charge in [0.2, 0.25) is 0 Å². The molecule has 1 unspecified atom stereocenters. The number of aromatic nitrogens is 2. The summed E-state index contributed by atoms with van der Waals surface area (Å²) in [6.07, 6.45) is 6.63. The van der Waals surface area contributed by atoms with Crippen molar-refractivity contribution in [2.45, 2.75) is 71.0 Å². The molecule has 112 valence electrons. The Morgan fingerprint density at radius 3 is 2.70 bits per heavy atom. The van der Waals surface area contributed by atoms with Crippen LogP contribution in [0.4, 0.5) is 0 Å². The summed E-state index contributed by atoms with van der Waals surface area (Å²) in [5.41, 5.74) is 1.49. The normalized spacial score (nSPS) is 17.9. The zero-order valence-corrected chi connectivity index (χ0v) is 12.6. The van der Waals surface area contributed by atoms with Gasteiger partial charge >= 0.3 is 5.97 Å². The lowest BCUT2D eigenvalue weighted by Crippen LogP contribution is -2.50. The van der Waals surface area contributed by atoms with E-state index in [1.165, 1.54) is 5.69 Å². The number of carboxylic acids is 1. The third kappa shape index (κ3) is 3.60. The van der Waals surface area contributed by atoms with Gasteiger partial charge in [-0.05, 0) is 52.9 Å². The van der Waals surface area contributed by atoms with Gasteiger partial charge in [-0.15, -0.1) is 0 Å². The molecule has 1 saturated carbocycles. The van der Waals surface area contributed by atoms with Crippen LogP contribution in [0, 0.1) is 13.8 Å². The quantitative estimate of drug-likeness (QED) is 0.716. The Kier molecular flexibility index (Phi) is 4.48. The maximum atomic E-state index is 11.4. The third-order valence-electron chi connectivity index (χ3n) is 4.24. The molecule has 1 fully saturated rings. The predicted molar refractivity (Wildman–Crippen MR) is 77.8 cm³/mol. The second-order valence-electron chi connectivity index (χ2n) is 6.12. The lowest BCUT2D eigenvalue weighted by molar-refractivity contribution is -0.144. The second-order valence-corrected chi connectivity index (χ2v) is 6.12. The first kappa shape index (κ1) is 15.0. The highest BCUT2D eigenvalue weighted by molar-refractivity contribution is 5.78. The van der Waals surface area contributed by atoms with Gasteiger partial charge in [0.25, 0.3) is 0 Å². The van der Waals surface area contributed by atoms with Crippen LogP contribution in [-0.4, -0.2) is 32.2 Å². The summed E-state index contributed by atoms with van der Waals surface area (Å²) in [7, 11) is 0. The van der Waals surface area contributed by atoms with Crippen molar-refractivity contribution in [2.24, 2.45) is 0 Å². The molecule has 1 aromatic rings. The van der Waals surface area contributed by atoms with Gasteiger partial charge in [-0.25, -0.2) is 4.98 Å². The van der Waals surface area contributed by atoms with Crippen molar-refractivity contribution in [3.63, 3.8) is 0 Å². The first-order valence-corrected chi connectivity index (χ1v) is 7.42. The standard InChI is InChI=1S/C15H25N3O2/c1-11-12(2)18(10-16-11)9-5-4-8-15(3,14(19)20)17-13-6-7-13/h10,13,17H,4-9H2,1-3H3,(H,19,20). The van der Waals surface area contributed by atoms with Gasteiger partial charge in [0.15, 0.2) is 0 Å². The molecule has 0 radical (unpaired) electrons. The van der Waals surface area contributed by atoms with E-state index in [9.17, 15) is 9.90 Å². The smallest absolute Gasteiger partial charge is 0.323 e. The monoisotopic (exact) mass is 279 g/mol. The van der Waals surface area contributed by atoms with Crippen LogP contribution in [0.15, 0.2) is 6.33 Å². The molecule has 0 saturated heterocycles. The molecule has 2 N–H and O–H groups in total. The van der Waals surface area contributed by atoms with Gasteiger partial charge in [-0.2, -0.15) is 0 Å². The molecular weight excluding hydrogens is 254 g/mol. The minimum Gasteiger partial charge on any atom is -0.480 e. The number of aryl methyl sites for hydroxylation is 2. The number of carbonyl (C=O) groups is 1. The molecule has 5 heteroatoms. The van der Waals surface area contributed by atoms with Crippen LogP contribution >= 0.6 is 0 Å². The van der Waals surface area contributed by atoms with Gasteiger partial charge < -0.3 is 9.67 Å². The number of unbranched alkanes of at least 4 members (excludes halogenated alkanes) is 1. The highest BCUT2D eigenvalue weighted by Gasteiger charge is 2.37. The van der Waals surface area contributed by atoms with E-state index in [1.54, 1.807) is 6.92 Å². The summed E-state index contributed by atoms with van der Waals surface area (Å²) < 4.78 is 2.14. The predicted octanol–water partition coefficient (Wildman–Crippen LogP) is 2.27. The number of nitrogens with zero attached hydrogens (tertiary/aromatic N) is 2. The Hall–Kier alpha value is -1.36. The Morgan fingerprint density at radius 1 is 1.50 bits per heavy atom. The number of hydrogen-bond donors (Lipinski definition) is 2. The molecule has 2 rings (SSSR count). The lowest BCUT2D eigenvalue weighted by atomic mass is 9.94. The van der Waals surface area contributed by atoms with Crippen LogP contribution < -0.4 is 5.32 Å². The van der Waals surface area contributed by atoms with Crippen LogP contribution in [0.5, 0.6) is 0 Å². The van der Waals surface area contributed by atoms with Crippen LogP contribution in [0.2, 0.25) is 0 Å². The van der Waals surface area contributed by atoms with Crippen LogP contribution in [-0.2, 0) is 11.3 Å². The highest BCUT2D eigenvalue weighted by Crippen LogP contribution is 2.25. The lowest BCUT2D eigenvalue weighted by Gasteiger charge is -2.26. The molecule has 0 aliphatic heterocycles. The fraction of sp³-hybridized carbons (Fsp3) is 0.733. The molecule has 1 heterocycles. The maximum absolute atomic E-state index is 11.4. The first-order valence-electron chi connectivity index (χ1n) is 7.42. The molecule has 1 atom stereocenters. The fourth-order valence-electron chi connectivity index (χ4n) is 2.45. The summed E-state index contributed by atoms with van der Waals surface area (Å²) in [5, 5.41) is 12.7. The van der Waals surface area contributed by atoms with Crippen LogP contribution in [0.25, 0.3) is 0 Å². The summed E-state index contributed by atoms with van der Waals surface area (Å²) in [6, 6.07) is 0.412. The van der Waals surface area contributed by atoms with Crippen molar-refractivity contribution >= 4 is 5.97 Å². The zero-order valence-electron chi connectivity index (χ0n) is 12.6. The van der Waals surface area contributed by atoms with Gasteiger partial charge in [0.05, 0.1) is 12.0 Å². The molecule has 0 bridgehead atoms. The molecule has 1 aliphatic carbocycles. The average Bonchev–Trinajstić information content (AvgIpc) is 3.14. The number of nitrogens with one attached hydrogen (secondary N) is 1. The van der Waals surface area contributed by atoms with Crippen molar-refractivity contribution in [1.29, 1.82) is 0 Å². The van der Waals surface area contributed by atoms with E-state index in [-0.39, 0.29) is 0 Å². The molecular formula is C15H25N3O2. The number of rotatable bonds is 8. The van der Waals surface area contributed by atoms with Crippen molar-refractivity contribution < 1.29 is 9.90 Å². The number of imidazole rings is 1. The molecule has 1 aromatic heterocycles. The third-order valence-corrected chi connectivity index (χ3v) is 4.24. The van der Waals surface area contributed by atoms with E-state index >= 15 is 0 Å². The van der Waals surface area contributed by atoms with E-state index in [0.717, 1.165) is 37.9 Å². The summed E-state index contributed by atoms with van der Waals surface area (Å²) >= 11 is 0. The van der Waals surface area contributed by atoms with Crippen LogP contribution in [0.1, 0.15) is 50.4 Å². The minimum atomic E-state index is -0.777. The Labute approximate surface area is 120 Å². The number of hydrogen-bond acceptors (Lipinski definition) is 3. The van der Waals surface area contributed by atoms with Crippen molar-refractivity contribution in [3.8, 4) is 0 Å². The largest absolute Gasteiger partial charge is 0.480 e. The average molecular weight is 279 g/mol. The Bertz CT molecular complexity index is 479. The van der Waals surface area contributed by atoms with Gasteiger partial charge in [-0.1, -0.05) is 0 Å². The van der Waals surface area contributed by atoms with Gasteiger partial charge in [0, 0.05) is 18.3 Å². The molecule has 0 spiro atoms. The van der Waals surface area contributed by atoms with Crippen molar-refractivity contribution in [1.82, 2.24) is 14.9 Å². The van der Waals surface area contributed by atoms with E-state index in [2.05, 4.69) is 21.8 Å². The molecule has 0 aromatic carbocycles. The number of aliphatic carboxylic acids is 1. The Morgan fingerprint density at radius 2 is 2.20 bits per heavy atom. The maximum Gasteiger partial charge on any atom is 0.323 e. The molecule has 1 aliphatic rings. The van der Waals surface area contributed by atoms with Crippen LogP contribution in [0.3, 0.4) is 0 Å².